The molecule has 0 aliphatic rings. The van der Waals surface area contributed by atoms with Crippen LogP contribution in [0.3, 0.4) is 0 Å². The Bertz CT molecular complexity index is 557. The summed E-state index contributed by atoms with van der Waals surface area (Å²) in [6.45, 7) is 0.573. The summed E-state index contributed by atoms with van der Waals surface area (Å²) < 4.78 is 0.800. The molecule has 0 fully saturated rings. The maximum absolute atomic E-state index is 10.8. The molecule has 94 valence electrons. The molecule has 1 aromatic carbocycles. The summed E-state index contributed by atoms with van der Waals surface area (Å²) in [5.41, 5.74) is 1.80. The van der Waals surface area contributed by atoms with Crippen LogP contribution in [0.1, 0.15) is 11.1 Å². The van der Waals surface area contributed by atoms with Crippen LogP contribution in [0.15, 0.2) is 34.2 Å². The van der Waals surface area contributed by atoms with E-state index >= 15 is 0 Å². The summed E-state index contributed by atoms with van der Waals surface area (Å²) in [4.78, 5) is 15.0. The molecule has 0 aliphatic heterocycles. The number of nitrogens with zero attached hydrogens (tertiary/aromatic N) is 1. The van der Waals surface area contributed by atoms with Crippen LogP contribution in [0.5, 0.6) is 0 Å². The van der Waals surface area contributed by atoms with Crippen molar-refractivity contribution in [3.8, 4) is 0 Å². The van der Waals surface area contributed by atoms with Gasteiger partial charge in [-0.15, -0.1) is 11.3 Å². The number of carboxylic acids is 1. The fraction of sp³-hybridized carbons (Fsp3) is 0.167. The molecule has 0 bridgehead atoms. The number of halogens is 1. The van der Waals surface area contributed by atoms with Gasteiger partial charge in [0, 0.05) is 11.9 Å². The van der Waals surface area contributed by atoms with Gasteiger partial charge in [-0.3, -0.25) is 4.79 Å². The highest BCUT2D eigenvalue weighted by Crippen LogP contribution is 2.20. The molecule has 2 rings (SSSR count). The zero-order chi connectivity index (χ0) is 13.0. The molecule has 0 saturated heterocycles. The highest BCUT2D eigenvalue weighted by Gasteiger charge is 2.06. The van der Waals surface area contributed by atoms with Gasteiger partial charge in [-0.05, 0) is 27.1 Å². The third kappa shape index (κ3) is 3.54. The lowest BCUT2D eigenvalue weighted by atomic mass is 10.0. The molecule has 0 spiro atoms. The standard InChI is InChI=1S/C12H11BrN2O2S/c13-10-7-18-12(15-10)14-6-9-4-2-1-3-8(9)5-11(16)17/h1-4,7H,5-6H2,(H,14,15)(H,16,17). The van der Waals surface area contributed by atoms with E-state index in [2.05, 4.69) is 26.2 Å². The van der Waals surface area contributed by atoms with E-state index in [1.165, 1.54) is 11.3 Å². The number of carbonyl (C=O) groups is 1. The average Bonchev–Trinajstić information content (AvgIpc) is 2.73. The molecular weight excluding hydrogens is 316 g/mol. The number of thiazole rings is 1. The van der Waals surface area contributed by atoms with Gasteiger partial charge >= 0.3 is 5.97 Å². The lowest BCUT2D eigenvalue weighted by Crippen LogP contribution is -2.07. The highest BCUT2D eigenvalue weighted by atomic mass is 79.9. The van der Waals surface area contributed by atoms with Gasteiger partial charge in [-0.25, -0.2) is 4.98 Å². The van der Waals surface area contributed by atoms with E-state index in [-0.39, 0.29) is 6.42 Å². The van der Waals surface area contributed by atoms with Gasteiger partial charge in [-0.2, -0.15) is 0 Å². The maximum atomic E-state index is 10.8. The average molecular weight is 327 g/mol. The Labute approximate surface area is 117 Å². The van der Waals surface area contributed by atoms with Crippen LogP contribution in [0.4, 0.5) is 5.13 Å². The monoisotopic (exact) mass is 326 g/mol. The molecule has 2 N–H and O–H groups in total. The van der Waals surface area contributed by atoms with Crippen LogP contribution in [0.25, 0.3) is 0 Å². The number of hydrogen-bond donors (Lipinski definition) is 2. The minimum atomic E-state index is -0.820. The first-order chi connectivity index (χ1) is 8.65. The number of rotatable bonds is 5. The number of hydrogen-bond acceptors (Lipinski definition) is 4. The molecule has 2 aromatic rings. The van der Waals surface area contributed by atoms with Crippen molar-refractivity contribution >= 4 is 38.4 Å². The Morgan fingerprint density at radius 2 is 2.11 bits per heavy atom. The predicted octanol–water partition coefficient (Wildman–Crippen LogP) is 3.14. The van der Waals surface area contributed by atoms with Crippen LogP contribution in [-0.4, -0.2) is 16.1 Å². The zero-order valence-electron chi connectivity index (χ0n) is 9.39. The number of aliphatic carboxylic acids is 1. The number of benzene rings is 1. The lowest BCUT2D eigenvalue weighted by Gasteiger charge is -2.08. The summed E-state index contributed by atoms with van der Waals surface area (Å²) >= 11 is 4.79. The first-order valence-corrected chi connectivity index (χ1v) is 6.96. The molecule has 0 saturated carbocycles. The van der Waals surface area contributed by atoms with Crippen molar-refractivity contribution in [2.24, 2.45) is 0 Å². The van der Waals surface area contributed by atoms with E-state index in [0.29, 0.717) is 6.54 Å². The zero-order valence-corrected chi connectivity index (χ0v) is 11.8. The first-order valence-electron chi connectivity index (χ1n) is 5.28. The molecule has 1 aromatic heterocycles. The van der Waals surface area contributed by atoms with E-state index < -0.39 is 5.97 Å². The van der Waals surface area contributed by atoms with Crippen LogP contribution in [-0.2, 0) is 17.8 Å². The molecule has 0 unspecified atom stereocenters. The molecule has 0 radical (unpaired) electrons. The second-order valence-electron chi connectivity index (χ2n) is 3.67. The van der Waals surface area contributed by atoms with Gasteiger partial charge < -0.3 is 10.4 Å². The van der Waals surface area contributed by atoms with E-state index in [1.54, 1.807) is 0 Å². The van der Waals surface area contributed by atoms with Crippen molar-refractivity contribution in [1.29, 1.82) is 0 Å². The molecule has 4 nitrogen and oxygen atoms in total. The van der Waals surface area contributed by atoms with Gasteiger partial charge in [0.1, 0.15) is 4.60 Å². The van der Waals surface area contributed by atoms with Crippen molar-refractivity contribution in [2.45, 2.75) is 13.0 Å². The molecule has 1 heterocycles. The fourth-order valence-corrected chi connectivity index (χ4v) is 2.71. The normalized spacial score (nSPS) is 10.3. The van der Waals surface area contributed by atoms with E-state index in [9.17, 15) is 4.79 Å². The minimum absolute atomic E-state index is 0.0411. The predicted molar refractivity (Wildman–Crippen MR) is 74.9 cm³/mol. The van der Waals surface area contributed by atoms with Crippen LogP contribution < -0.4 is 5.32 Å². The number of nitrogens with one attached hydrogen (secondary N) is 1. The summed E-state index contributed by atoms with van der Waals surface area (Å²) in [6, 6.07) is 7.51. The van der Waals surface area contributed by atoms with Crippen LogP contribution in [0, 0.1) is 0 Å². The van der Waals surface area contributed by atoms with Gasteiger partial charge in [-0.1, -0.05) is 24.3 Å². The SMILES string of the molecule is O=C(O)Cc1ccccc1CNc1nc(Br)cs1. The van der Waals surface area contributed by atoms with Crippen molar-refractivity contribution < 1.29 is 9.90 Å². The van der Waals surface area contributed by atoms with E-state index in [4.69, 9.17) is 5.11 Å². The van der Waals surface area contributed by atoms with Crippen molar-refractivity contribution in [3.63, 3.8) is 0 Å². The molecule has 18 heavy (non-hydrogen) atoms. The number of aromatic nitrogens is 1. The molecule has 0 aliphatic carbocycles. The molecule has 6 heteroatoms. The third-order valence-electron chi connectivity index (χ3n) is 2.37. The Hall–Kier alpha value is -1.40. The summed E-state index contributed by atoms with van der Waals surface area (Å²) in [5, 5.41) is 14.7. The van der Waals surface area contributed by atoms with Gasteiger partial charge in [0.15, 0.2) is 5.13 Å². The minimum Gasteiger partial charge on any atom is -0.481 e. The summed E-state index contributed by atoms with van der Waals surface area (Å²) in [6.07, 6.45) is 0.0411. The molecule has 0 atom stereocenters. The largest absolute Gasteiger partial charge is 0.481 e. The highest BCUT2D eigenvalue weighted by molar-refractivity contribution is 9.10. The fourth-order valence-electron chi connectivity index (χ4n) is 1.57. The van der Waals surface area contributed by atoms with Gasteiger partial charge in [0.05, 0.1) is 6.42 Å². The van der Waals surface area contributed by atoms with Gasteiger partial charge in [0.25, 0.3) is 0 Å². The Morgan fingerprint density at radius 3 is 2.72 bits per heavy atom. The first kappa shape index (κ1) is 13.0. The Kier molecular flexibility index (Phi) is 4.33. The van der Waals surface area contributed by atoms with E-state index in [1.807, 2.05) is 29.6 Å². The van der Waals surface area contributed by atoms with Crippen molar-refractivity contribution in [2.75, 3.05) is 5.32 Å². The summed E-state index contributed by atoms with van der Waals surface area (Å²) in [7, 11) is 0. The number of anilines is 1. The quantitative estimate of drug-likeness (QED) is 0.886. The van der Waals surface area contributed by atoms with Crippen molar-refractivity contribution in [3.05, 3.63) is 45.4 Å². The Morgan fingerprint density at radius 1 is 1.39 bits per heavy atom. The van der Waals surface area contributed by atoms with Crippen LogP contribution >= 0.6 is 27.3 Å². The topological polar surface area (TPSA) is 62.2 Å². The third-order valence-corrected chi connectivity index (χ3v) is 3.88. The second-order valence-corrected chi connectivity index (χ2v) is 5.34. The van der Waals surface area contributed by atoms with E-state index in [0.717, 1.165) is 20.9 Å². The molecular formula is C12H11BrN2O2S. The Balaban J connectivity index is 2.06. The van der Waals surface area contributed by atoms with Crippen LogP contribution in [0.2, 0.25) is 0 Å². The summed E-state index contributed by atoms with van der Waals surface area (Å²) in [5.74, 6) is -0.820. The van der Waals surface area contributed by atoms with Gasteiger partial charge in [0.2, 0.25) is 0 Å². The molecule has 0 amide bonds. The maximum Gasteiger partial charge on any atom is 0.307 e. The number of carboxylic acid groups (broad SMARTS) is 1. The lowest BCUT2D eigenvalue weighted by molar-refractivity contribution is -0.136. The van der Waals surface area contributed by atoms with Crippen molar-refractivity contribution in [1.82, 2.24) is 4.98 Å². The smallest absolute Gasteiger partial charge is 0.307 e. The second kappa shape index (κ2) is 5.97.